The SMILES string of the molecule is CC(C)C1CC[C@@H]2C(CCC3[C@]2(C)CCC[C@]3(C)C(=O)NC2CCCCC2)C1. The highest BCUT2D eigenvalue weighted by molar-refractivity contribution is 5.83. The molecule has 0 aromatic heterocycles. The maximum atomic E-state index is 13.6. The lowest BCUT2D eigenvalue weighted by Gasteiger charge is -2.61. The molecule has 0 aliphatic heterocycles. The predicted molar refractivity (Wildman–Crippen MR) is 117 cm³/mol. The lowest BCUT2D eigenvalue weighted by molar-refractivity contribution is -0.158. The molecule has 6 atom stereocenters. The summed E-state index contributed by atoms with van der Waals surface area (Å²) in [6.45, 7) is 9.78. The van der Waals surface area contributed by atoms with Crippen molar-refractivity contribution in [1.29, 1.82) is 0 Å². The van der Waals surface area contributed by atoms with Crippen molar-refractivity contribution < 1.29 is 4.79 Å². The van der Waals surface area contributed by atoms with Gasteiger partial charge in [0.25, 0.3) is 0 Å². The van der Waals surface area contributed by atoms with E-state index in [1.54, 1.807) is 0 Å². The van der Waals surface area contributed by atoms with E-state index in [1.165, 1.54) is 77.0 Å². The molecule has 0 radical (unpaired) electrons. The molecule has 0 bridgehead atoms. The number of hydrogen-bond donors (Lipinski definition) is 1. The number of nitrogens with one attached hydrogen (secondary N) is 1. The number of carbonyl (C=O) groups is 1. The fourth-order valence-electron chi connectivity index (χ4n) is 8.35. The molecule has 0 saturated heterocycles. The van der Waals surface area contributed by atoms with Gasteiger partial charge in [-0.05, 0) is 92.8 Å². The Kier molecular flexibility index (Phi) is 5.89. The van der Waals surface area contributed by atoms with Gasteiger partial charge in [-0.2, -0.15) is 0 Å². The van der Waals surface area contributed by atoms with E-state index in [-0.39, 0.29) is 5.41 Å². The van der Waals surface area contributed by atoms with Gasteiger partial charge in [0.05, 0.1) is 0 Å². The Morgan fingerprint density at radius 1 is 0.893 bits per heavy atom. The van der Waals surface area contributed by atoms with Crippen molar-refractivity contribution in [2.24, 2.45) is 40.4 Å². The van der Waals surface area contributed by atoms with E-state index in [9.17, 15) is 4.79 Å². The van der Waals surface area contributed by atoms with Crippen molar-refractivity contribution in [3.8, 4) is 0 Å². The fraction of sp³-hybridized carbons (Fsp3) is 0.962. The highest BCUT2D eigenvalue weighted by Crippen LogP contribution is 2.64. The third-order valence-electron chi connectivity index (χ3n) is 10.1. The van der Waals surface area contributed by atoms with Gasteiger partial charge in [0, 0.05) is 11.5 Å². The molecule has 3 unspecified atom stereocenters. The molecule has 0 heterocycles. The zero-order chi connectivity index (χ0) is 19.9. The summed E-state index contributed by atoms with van der Waals surface area (Å²) in [5.74, 6) is 4.56. The number of fused-ring (bicyclic) bond motifs is 3. The summed E-state index contributed by atoms with van der Waals surface area (Å²) < 4.78 is 0. The Labute approximate surface area is 174 Å². The van der Waals surface area contributed by atoms with Crippen LogP contribution in [0.4, 0.5) is 0 Å². The fourth-order valence-corrected chi connectivity index (χ4v) is 8.35. The molecular weight excluding hydrogens is 342 g/mol. The first-order valence-electron chi connectivity index (χ1n) is 12.7. The van der Waals surface area contributed by atoms with Gasteiger partial charge < -0.3 is 5.32 Å². The monoisotopic (exact) mass is 387 g/mol. The Balaban J connectivity index is 1.51. The lowest BCUT2D eigenvalue weighted by Crippen LogP contribution is -2.59. The van der Waals surface area contributed by atoms with E-state index in [4.69, 9.17) is 0 Å². The van der Waals surface area contributed by atoms with Gasteiger partial charge in [0.15, 0.2) is 0 Å². The first-order valence-corrected chi connectivity index (χ1v) is 12.7. The quantitative estimate of drug-likeness (QED) is 0.571. The van der Waals surface area contributed by atoms with E-state index in [1.807, 2.05) is 0 Å². The van der Waals surface area contributed by atoms with Crippen molar-refractivity contribution in [2.45, 2.75) is 117 Å². The zero-order valence-corrected chi connectivity index (χ0v) is 19.1. The van der Waals surface area contributed by atoms with Crippen LogP contribution < -0.4 is 5.32 Å². The first-order chi connectivity index (χ1) is 13.3. The summed E-state index contributed by atoms with van der Waals surface area (Å²) in [6, 6.07) is 0.448. The molecule has 4 fully saturated rings. The summed E-state index contributed by atoms with van der Waals surface area (Å²) in [5.41, 5.74) is 0.256. The number of rotatable bonds is 3. The number of carbonyl (C=O) groups excluding carboxylic acids is 1. The average molecular weight is 388 g/mol. The van der Waals surface area contributed by atoms with Gasteiger partial charge >= 0.3 is 0 Å². The third kappa shape index (κ3) is 3.56. The van der Waals surface area contributed by atoms with Crippen LogP contribution in [0.1, 0.15) is 111 Å². The average Bonchev–Trinajstić information content (AvgIpc) is 2.68. The van der Waals surface area contributed by atoms with Crippen LogP contribution in [-0.4, -0.2) is 11.9 Å². The molecule has 0 spiro atoms. The molecule has 4 rings (SSSR count). The molecule has 1 N–H and O–H groups in total. The van der Waals surface area contributed by atoms with Crippen LogP contribution in [0.5, 0.6) is 0 Å². The van der Waals surface area contributed by atoms with Crippen LogP contribution in [0.25, 0.3) is 0 Å². The van der Waals surface area contributed by atoms with Crippen molar-refractivity contribution in [1.82, 2.24) is 5.32 Å². The second-order valence-electron chi connectivity index (χ2n) is 11.9. The maximum Gasteiger partial charge on any atom is 0.226 e. The molecule has 0 aromatic rings. The highest BCUT2D eigenvalue weighted by Gasteiger charge is 2.59. The molecular formula is C26H45NO. The molecule has 28 heavy (non-hydrogen) atoms. The van der Waals surface area contributed by atoms with Crippen molar-refractivity contribution in [3.05, 3.63) is 0 Å². The first kappa shape index (κ1) is 20.7. The summed E-state index contributed by atoms with van der Waals surface area (Å²) in [4.78, 5) is 13.6. The zero-order valence-electron chi connectivity index (χ0n) is 19.1. The van der Waals surface area contributed by atoms with Crippen LogP contribution in [0, 0.1) is 40.4 Å². The van der Waals surface area contributed by atoms with Gasteiger partial charge in [-0.25, -0.2) is 0 Å². The molecule has 1 amide bonds. The van der Waals surface area contributed by atoms with Gasteiger partial charge in [-0.15, -0.1) is 0 Å². The largest absolute Gasteiger partial charge is 0.353 e. The smallest absolute Gasteiger partial charge is 0.226 e. The van der Waals surface area contributed by atoms with E-state index < -0.39 is 0 Å². The molecule has 4 saturated carbocycles. The van der Waals surface area contributed by atoms with E-state index in [2.05, 4.69) is 33.0 Å². The van der Waals surface area contributed by atoms with E-state index >= 15 is 0 Å². The minimum Gasteiger partial charge on any atom is -0.353 e. The Hall–Kier alpha value is -0.530. The van der Waals surface area contributed by atoms with Crippen molar-refractivity contribution in [2.75, 3.05) is 0 Å². The van der Waals surface area contributed by atoms with Crippen LogP contribution in [0.2, 0.25) is 0 Å². The molecule has 2 nitrogen and oxygen atoms in total. The van der Waals surface area contributed by atoms with Gasteiger partial charge in [0.1, 0.15) is 0 Å². The summed E-state index contributed by atoms with van der Waals surface area (Å²) in [5, 5.41) is 3.53. The van der Waals surface area contributed by atoms with Gasteiger partial charge in [-0.3, -0.25) is 4.79 Å². The van der Waals surface area contributed by atoms with Gasteiger partial charge in [-0.1, -0.05) is 53.4 Å². The topological polar surface area (TPSA) is 29.1 Å². The van der Waals surface area contributed by atoms with Crippen LogP contribution in [0.15, 0.2) is 0 Å². The highest BCUT2D eigenvalue weighted by atomic mass is 16.2. The molecule has 0 aromatic carbocycles. The second-order valence-corrected chi connectivity index (χ2v) is 11.9. The van der Waals surface area contributed by atoms with Crippen LogP contribution in [0.3, 0.4) is 0 Å². The maximum absolute atomic E-state index is 13.6. The number of hydrogen-bond acceptors (Lipinski definition) is 1. The summed E-state index contributed by atoms with van der Waals surface area (Å²) in [7, 11) is 0. The van der Waals surface area contributed by atoms with Crippen LogP contribution in [-0.2, 0) is 4.79 Å². The lowest BCUT2D eigenvalue weighted by atomic mass is 9.43. The molecule has 160 valence electrons. The predicted octanol–water partition coefficient (Wildman–Crippen LogP) is 6.73. The van der Waals surface area contributed by atoms with E-state index in [0.29, 0.717) is 23.3 Å². The third-order valence-corrected chi connectivity index (χ3v) is 10.1. The minimum atomic E-state index is -0.135. The summed E-state index contributed by atoms with van der Waals surface area (Å²) >= 11 is 0. The molecule has 2 heteroatoms. The minimum absolute atomic E-state index is 0.135. The van der Waals surface area contributed by atoms with Crippen molar-refractivity contribution >= 4 is 5.91 Å². The second kappa shape index (κ2) is 7.95. The standard InChI is InChI=1S/C26H45NO/c1-18(2)19-11-13-22-20(17-19)12-14-23-25(22,3)15-8-16-26(23,4)24(28)27-21-9-6-5-7-10-21/h18-23H,5-17H2,1-4H3,(H,27,28)/t19?,20?,22-,23?,25-,26+/m1/s1. The Morgan fingerprint density at radius 2 is 1.64 bits per heavy atom. The Morgan fingerprint density at radius 3 is 2.36 bits per heavy atom. The van der Waals surface area contributed by atoms with Gasteiger partial charge in [0.2, 0.25) is 5.91 Å². The van der Waals surface area contributed by atoms with E-state index in [0.717, 1.165) is 30.1 Å². The normalized spacial score (nSPS) is 44.6. The van der Waals surface area contributed by atoms with Crippen LogP contribution >= 0.6 is 0 Å². The Bertz CT molecular complexity index is 565. The molecule has 4 aliphatic rings. The number of amides is 1. The summed E-state index contributed by atoms with van der Waals surface area (Å²) in [6.07, 6.45) is 17.0. The molecule has 4 aliphatic carbocycles. The van der Waals surface area contributed by atoms with Crippen molar-refractivity contribution in [3.63, 3.8) is 0 Å².